The summed E-state index contributed by atoms with van der Waals surface area (Å²) in [6.45, 7) is 6.23. The summed E-state index contributed by atoms with van der Waals surface area (Å²) in [5, 5.41) is 8.99. The average Bonchev–Trinajstić information content (AvgIpc) is 3.40. The third-order valence-electron chi connectivity index (χ3n) is 4.15. The van der Waals surface area contributed by atoms with Gasteiger partial charge in [-0.15, -0.1) is 29.3 Å². The Morgan fingerprint density at radius 2 is 1.86 bits per heavy atom. The number of thiazole rings is 1. The number of methoxy groups -OCH3 is 3. The number of benzene rings is 1. The van der Waals surface area contributed by atoms with Gasteiger partial charge in [0.15, 0.2) is 11.5 Å². The van der Waals surface area contributed by atoms with Crippen LogP contribution in [0.1, 0.15) is 12.5 Å². The summed E-state index contributed by atoms with van der Waals surface area (Å²) >= 11 is 3.22. The molecule has 0 aliphatic rings. The van der Waals surface area contributed by atoms with Gasteiger partial charge in [0.25, 0.3) is 0 Å². The van der Waals surface area contributed by atoms with E-state index in [1.807, 2.05) is 35.2 Å². The van der Waals surface area contributed by atoms with E-state index in [-0.39, 0.29) is 0 Å². The topological polar surface area (TPSA) is 57.3 Å². The fourth-order valence-corrected chi connectivity index (χ4v) is 4.37. The first-order valence-electron chi connectivity index (χ1n) is 8.84. The van der Waals surface area contributed by atoms with E-state index in [0.29, 0.717) is 23.8 Å². The number of nitrogens with zero attached hydrogens (tertiary/aromatic N) is 3. The molecule has 6 nitrogen and oxygen atoms in total. The maximum atomic E-state index is 5.47. The van der Waals surface area contributed by atoms with Gasteiger partial charge in [0.2, 0.25) is 10.6 Å². The monoisotopic (exact) mass is 429 g/mol. The molecule has 29 heavy (non-hydrogen) atoms. The van der Waals surface area contributed by atoms with Crippen LogP contribution in [0.5, 0.6) is 17.2 Å². The normalized spacial score (nSPS) is 12.1. The lowest BCUT2D eigenvalue weighted by molar-refractivity contribution is 0.324. The van der Waals surface area contributed by atoms with Crippen LogP contribution in [-0.4, -0.2) is 38.3 Å². The van der Waals surface area contributed by atoms with Gasteiger partial charge >= 0.3 is 0 Å². The highest BCUT2D eigenvalue weighted by Crippen LogP contribution is 2.38. The van der Waals surface area contributed by atoms with Crippen molar-refractivity contribution in [2.24, 2.45) is 10.1 Å². The van der Waals surface area contributed by atoms with E-state index < -0.39 is 0 Å². The molecule has 0 atom stereocenters. The lowest BCUT2D eigenvalue weighted by Crippen LogP contribution is -2.14. The van der Waals surface area contributed by atoms with E-state index >= 15 is 0 Å². The molecule has 1 aromatic carbocycles. The fraction of sp³-hybridized carbons (Fsp3) is 0.238. The Morgan fingerprint density at radius 1 is 1.14 bits per heavy atom. The van der Waals surface area contributed by atoms with Gasteiger partial charge in [0.05, 0.1) is 44.2 Å². The molecule has 0 fully saturated rings. The third-order valence-corrected chi connectivity index (χ3v) is 5.89. The largest absolute Gasteiger partial charge is 0.493 e. The van der Waals surface area contributed by atoms with Crippen LogP contribution >= 0.6 is 22.7 Å². The molecule has 0 amide bonds. The summed E-state index contributed by atoms with van der Waals surface area (Å²) in [6, 6.07) is 7.88. The van der Waals surface area contributed by atoms with Crippen LogP contribution in [0.15, 0.2) is 57.8 Å². The van der Waals surface area contributed by atoms with E-state index in [9.17, 15) is 0 Å². The highest BCUT2D eigenvalue weighted by Gasteiger charge is 2.15. The Kier molecular flexibility index (Phi) is 6.90. The van der Waals surface area contributed by atoms with E-state index in [0.717, 1.165) is 26.6 Å². The Bertz CT molecular complexity index is 1050. The molecule has 0 saturated heterocycles. The molecule has 0 bridgehead atoms. The van der Waals surface area contributed by atoms with Gasteiger partial charge in [-0.2, -0.15) is 5.10 Å². The van der Waals surface area contributed by atoms with E-state index in [1.54, 1.807) is 50.1 Å². The molecule has 0 N–H and O–H groups in total. The molecule has 0 aliphatic heterocycles. The molecule has 2 aromatic heterocycles. The van der Waals surface area contributed by atoms with Crippen LogP contribution in [0.25, 0.3) is 10.6 Å². The highest BCUT2D eigenvalue weighted by atomic mass is 32.1. The van der Waals surface area contributed by atoms with Crippen molar-refractivity contribution in [2.45, 2.75) is 6.92 Å². The van der Waals surface area contributed by atoms with Crippen molar-refractivity contribution in [3.8, 4) is 27.8 Å². The zero-order valence-corrected chi connectivity index (χ0v) is 18.5. The lowest BCUT2D eigenvalue weighted by Gasteiger charge is -2.14. The molecular formula is C21H23N3O3S2. The number of hydrogen-bond donors (Lipinski definition) is 0. The van der Waals surface area contributed by atoms with Gasteiger partial charge in [-0.3, -0.25) is 4.99 Å². The molecule has 8 heteroatoms. The van der Waals surface area contributed by atoms with E-state index in [2.05, 4.69) is 23.0 Å². The van der Waals surface area contributed by atoms with Crippen LogP contribution in [0.4, 0.5) is 0 Å². The van der Waals surface area contributed by atoms with Crippen molar-refractivity contribution >= 4 is 28.4 Å². The standard InChI is InChI=1S/C21H23N3O3S2/c1-6-9-22-21-24(16(13-29-21)19-8-7-10-28-19)23-14(2)15-11-17(25-3)20(27-5)18(12-15)26-4/h6-8,10-13H,1,9H2,2-5H3. The molecule has 2 heterocycles. The van der Waals surface area contributed by atoms with Gasteiger partial charge in [-0.05, 0) is 30.5 Å². The first-order valence-corrected chi connectivity index (χ1v) is 10.6. The Balaban J connectivity index is 2.15. The Hall–Kier alpha value is -2.84. The van der Waals surface area contributed by atoms with Gasteiger partial charge in [-0.1, -0.05) is 12.1 Å². The number of aromatic nitrogens is 1. The average molecular weight is 430 g/mol. The smallest absolute Gasteiger partial charge is 0.206 e. The Labute approximate surface area is 178 Å². The molecule has 3 rings (SSSR count). The first-order chi connectivity index (χ1) is 14.1. The summed E-state index contributed by atoms with van der Waals surface area (Å²) in [4.78, 5) is 6.52. The van der Waals surface area contributed by atoms with Gasteiger partial charge in [0.1, 0.15) is 0 Å². The SMILES string of the molecule is C=CCN=c1scc(-c2cccs2)n1N=C(C)c1cc(OC)c(OC)c(OC)c1. The molecule has 0 unspecified atom stereocenters. The van der Waals surface area contributed by atoms with Crippen molar-refractivity contribution in [3.63, 3.8) is 0 Å². The van der Waals surface area contributed by atoms with Crippen LogP contribution in [-0.2, 0) is 0 Å². The summed E-state index contributed by atoms with van der Waals surface area (Å²) < 4.78 is 18.2. The van der Waals surface area contributed by atoms with Crippen LogP contribution in [0.3, 0.4) is 0 Å². The second-order valence-electron chi connectivity index (χ2n) is 5.92. The van der Waals surface area contributed by atoms with E-state index in [4.69, 9.17) is 19.3 Å². The van der Waals surface area contributed by atoms with Crippen molar-refractivity contribution in [3.05, 3.63) is 58.0 Å². The summed E-state index contributed by atoms with van der Waals surface area (Å²) in [6.07, 6.45) is 1.77. The molecule has 0 spiro atoms. The minimum atomic E-state index is 0.531. The minimum Gasteiger partial charge on any atom is -0.493 e. The molecule has 3 aromatic rings. The predicted octanol–water partition coefficient (Wildman–Crippen LogP) is 4.66. The van der Waals surface area contributed by atoms with Gasteiger partial charge in [0, 0.05) is 10.9 Å². The minimum absolute atomic E-state index is 0.531. The first kappa shape index (κ1) is 20.9. The third kappa shape index (κ3) is 4.44. The maximum absolute atomic E-state index is 5.47. The summed E-state index contributed by atoms with van der Waals surface area (Å²) in [7, 11) is 4.79. The van der Waals surface area contributed by atoms with Crippen LogP contribution in [0.2, 0.25) is 0 Å². The molecule has 152 valence electrons. The molecular weight excluding hydrogens is 406 g/mol. The quantitative estimate of drug-likeness (QED) is 0.386. The number of rotatable bonds is 8. The van der Waals surface area contributed by atoms with Crippen LogP contribution < -0.4 is 19.0 Å². The maximum Gasteiger partial charge on any atom is 0.206 e. The van der Waals surface area contributed by atoms with Crippen LogP contribution in [0, 0.1) is 0 Å². The zero-order valence-electron chi connectivity index (χ0n) is 16.8. The van der Waals surface area contributed by atoms with Crippen molar-refractivity contribution < 1.29 is 14.2 Å². The predicted molar refractivity (Wildman–Crippen MR) is 120 cm³/mol. The lowest BCUT2D eigenvalue weighted by atomic mass is 10.1. The summed E-state index contributed by atoms with van der Waals surface area (Å²) in [5.41, 5.74) is 2.66. The van der Waals surface area contributed by atoms with Crippen molar-refractivity contribution in [1.29, 1.82) is 0 Å². The van der Waals surface area contributed by atoms with Gasteiger partial charge in [-0.25, -0.2) is 4.68 Å². The van der Waals surface area contributed by atoms with Crippen molar-refractivity contribution in [2.75, 3.05) is 27.9 Å². The Morgan fingerprint density at radius 3 is 2.41 bits per heavy atom. The van der Waals surface area contributed by atoms with Gasteiger partial charge < -0.3 is 14.2 Å². The second-order valence-corrected chi connectivity index (χ2v) is 7.71. The molecule has 0 radical (unpaired) electrons. The second kappa shape index (κ2) is 9.58. The highest BCUT2D eigenvalue weighted by molar-refractivity contribution is 7.14. The summed E-state index contributed by atoms with van der Waals surface area (Å²) in [5.74, 6) is 1.72. The van der Waals surface area contributed by atoms with Crippen molar-refractivity contribution in [1.82, 2.24) is 4.68 Å². The zero-order chi connectivity index (χ0) is 20.8. The number of hydrogen-bond acceptors (Lipinski definition) is 7. The molecule has 0 aliphatic carbocycles. The fourth-order valence-electron chi connectivity index (χ4n) is 2.74. The number of thiophene rings is 1. The van der Waals surface area contributed by atoms with E-state index in [1.165, 1.54) is 0 Å². The molecule has 0 saturated carbocycles. The number of ether oxygens (including phenoxy) is 3.